The molecule has 0 unspecified atom stereocenters. The second kappa shape index (κ2) is 17.7. The minimum atomic E-state index is -0.458. The Labute approximate surface area is 279 Å². The highest BCUT2D eigenvalue weighted by Crippen LogP contribution is 2.29. The molecule has 4 atom stereocenters. The van der Waals surface area contributed by atoms with Gasteiger partial charge >= 0.3 is 6.03 Å². The first-order valence-electron chi connectivity index (χ1n) is 16.5. The van der Waals surface area contributed by atoms with Crippen molar-refractivity contribution in [3.05, 3.63) is 83.9 Å². The number of nitrogens with zero attached hydrogens (tertiary/aromatic N) is 2. The van der Waals surface area contributed by atoms with Crippen LogP contribution in [0.5, 0.6) is 11.5 Å². The molecular formula is C37H50N4O6. The molecular weight excluding hydrogens is 596 g/mol. The number of anilines is 2. The molecule has 1 heterocycles. The standard InChI is InChI=1S/C37H50N4O6/c1-26-22-41(27(2)25-42)36(43)33-21-31(39-37(44)38-30-14-17-32(45-5)18-15-30)16-19-34(33)47-28(3)11-9-10-20-46-35(26)24-40(4)23-29-12-7-6-8-13-29/h6-8,12-19,21,26-28,35,42H,9-11,20,22-25H2,1-5H3,(H2,38,39,44)/t26-,27+,28-,35+/m1/s1. The third kappa shape index (κ3) is 10.7. The fourth-order valence-corrected chi connectivity index (χ4v) is 5.70. The zero-order chi connectivity index (χ0) is 33.8. The van der Waals surface area contributed by atoms with Gasteiger partial charge in [0.05, 0.1) is 37.5 Å². The summed E-state index contributed by atoms with van der Waals surface area (Å²) < 4.78 is 18.0. The average molecular weight is 647 g/mol. The van der Waals surface area contributed by atoms with E-state index in [0.717, 1.165) is 25.8 Å². The predicted octanol–water partition coefficient (Wildman–Crippen LogP) is 6.27. The molecule has 3 amide bonds. The van der Waals surface area contributed by atoms with E-state index in [0.29, 0.717) is 48.1 Å². The zero-order valence-electron chi connectivity index (χ0n) is 28.3. The Balaban J connectivity index is 1.57. The molecule has 47 heavy (non-hydrogen) atoms. The summed E-state index contributed by atoms with van der Waals surface area (Å²) in [6.45, 7) is 8.19. The van der Waals surface area contributed by atoms with Gasteiger partial charge in [0.15, 0.2) is 0 Å². The van der Waals surface area contributed by atoms with Crippen LogP contribution in [0, 0.1) is 5.92 Å². The van der Waals surface area contributed by atoms with Crippen LogP contribution in [0.4, 0.5) is 16.2 Å². The van der Waals surface area contributed by atoms with E-state index in [1.54, 1.807) is 54.5 Å². The van der Waals surface area contributed by atoms with Crippen LogP contribution < -0.4 is 20.1 Å². The van der Waals surface area contributed by atoms with Crippen LogP contribution in [0.3, 0.4) is 0 Å². The third-order valence-corrected chi connectivity index (χ3v) is 8.44. The summed E-state index contributed by atoms with van der Waals surface area (Å²) in [7, 11) is 3.67. The Bertz CT molecular complexity index is 1420. The molecule has 3 N–H and O–H groups in total. The van der Waals surface area contributed by atoms with Gasteiger partial charge in [-0.1, -0.05) is 37.3 Å². The van der Waals surface area contributed by atoms with Crippen LogP contribution in [0.1, 0.15) is 56.0 Å². The number of fused-ring (bicyclic) bond motifs is 1. The smallest absolute Gasteiger partial charge is 0.323 e. The van der Waals surface area contributed by atoms with Crippen molar-refractivity contribution in [2.24, 2.45) is 5.92 Å². The van der Waals surface area contributed by atoms with Crippen molar-refractivity contribution in [1.82, 2.24) is 9.80 Å². The van der Waals surface area contributed by atoms with Crippen molar-refractivity contribution in [2.75, 3.05) is 51.1 Å². The third-order valence-electron chi connectivity index (χ3n) is 8.44. The molecule has 10 heteroatoms. The van der Waals surface area contributed by atoms with Gasteiger partial charge in [-0.25, -0.2) is 4.79 Å². The van der Waals surface area contributed by atoms with E-state index in [2.05, 4.69) is 41.6 Å². The lowest BCUT2D eigenvalue weighted by molar-refractivity contribution is -0.0177. The Morgan fingerprint density at radius 3 is 2.45 bits per heavy atom. The number of hydrogen-bond donors (Lipinski definition) is 3. The van der Waals surface area contributed by atoms with E-state index in [1.807, 2.05) is 32.0 Å². The largest absolute Gasteiger partial charge is 0.497 e. The second-order valence-electron chi connectivity index (χ2n) is 12.5. The highest BCUT2D eigenvalue weighted by molar-refractivity contribution is 6.02. The molecule has 3 aromatic carbocycles. The highest BCUT2D eigenvalue weighted by atomic mass is 16.5. The summed E-state index contributed by atoms with van der Waals surface area (Å²) in [5, 5.41) is 15.9. The van der Waals surface area contributed by atoms with Gasteiger partial charge in [-0.2, -0.15) is 0 Å². The number of methoxy groups -OCH3 is 1. The van der Waals surface area contributed by atoms with Crippen molar-refractivity contribution in [3.63, 3.8) is 0 Å². The normalized spacial score (nSPS) is 20.0. The van der Waals surface area contributed by atoms with Crippen molar-refractivity contribution >= 4 is 23.3 Å². The van der Waals surface area contributed by atoms with Gasteiger partial charge in [0.1, 0.15) is 11.5 Å². The highest BCUT2D eigenvalue weighted by Gasteiger charge is 2.30. The number of carbonyl (C=O) groups excluding carboxylic acids is 2. The van der Waals surface area contributed by atoms with Gasteiger partial charge in [0.2, 0.25) is 0 Å². The van der Waals surface area contributed by atoms with Gasteiger partial charge in [-0.3, -0.25) is 9.69 Å². The van der Waals surface area contributed by atoms with Crippen LogP contribution in [0.15, 0.2) is 72.8 Å². The van der Waals surface area contributed by atoms with E-state index >= 15 is 0 Å². The van der Waals surface area contributed by atoms with Gasteiger partial charge in [0.25, 0.3) is 5.91 Å². The fraction of sp³-hybridized carbons (Fsp3) is 0.459. The number of nitrogens with one attached hydrogen (secondary N) is 2. The van der Waals surface area contributed by atoms with Gasteiger partial charge in [-0.05, 0) is 88.2 Å². The number of urea groups is 1. The Kier molecular flexibility index (Phi) is 13.5. The maximum Gasteiger partial charge on any atom is 0.323 e. The monoisotopic (exact) mass is 646 g/mol. The van der Waals surface area contributed by atoms with Crippen LogP contribution >= 0.6 is 0 Å². The maximum atomic E-state index is 14.4. The van der Waals surface area contributed by atoms with Crippen LogP contribution in [-0.4, -0.2) is 85.6 Å². The number of benzene rings is 3. The van der Waals surface area contributed by atoms with Crippen molar-refractivity contribution in [3.8, 4) is 11.5 Å². The summed E-state index contributed by atoms with van der Waals surface area (Å²) in [5.74, 6) is 0.809. The number of aliphatic hydroxyl groups is 1. The fourth-order valence-electron chi connectivity index (χ4n) is 5.70. The molecule has 254 valence electrons. The van der Waals surface area contributed by atoms with E-state index in [4.69, 9.17) is 14.2 Å². The van der Waals surface area contributed by atoms with E-state index in [-0.39, 0.29) is 30.6 Å². The van der Waals surface area contributed by atoms with Crippen molar-refractivity contribution in [2.45, 2.75) is 64.8 Å². The molecule has 1 aliphatic rings. The second-order valence-corrected chi connectivity index (χ2v) is 12.5. The lowest BCUT2D eigenvalue weighted by Crippen LogP contribution is -2.47. The topological polar surface area (TPSA) is 113 Å². The quantitative estimate of drug-likeness (QED) is 0.251. The first kappa shape index (κ1) is 35.7. The SMILES string of the molecule is COc1ccc(NC(=O)Nc2ccc3c(c2)C(=O)N([C@@H](C)CO)C[C@@H](C)[C@H](CN(C)Cc2ccccc2)OCCCC[C@@H](C)O3)cc1. The zero-order valence-corrected chi connectivity index (χ0v) is 28.3. The predicted molar refractivity (Wildman–Crippen MR) is 185 cm³/mol. The molecule has 0 bridgehead atoms. The van der Waals surface area contributed by atoms with Gasteiger partial charge < -0.3 is 34.9 Å². The Morgan fingerprint density at radius 1 is 1.04 bits per heavy atom. The lowest BCUT2D eigenvalue weighted by Gasteiger charge is -2.36. The molecule has 0 spiro atoms. The van der Waals surface area contributed by atoms with Crippen molar-refractivity contribution in [1.29, 1.82) is 0 Å². The summed E-state index contributed by atoms with van der Waals surface area (Å²) >= 11 is 0. The van der Waals surface area contributed by atoms with E-state index < -0.39 is 12.1 Å². The molecule has 4 rings (SSSR count). The number of amides is 3. The maximum absolute atomic E-state index is 14.4. The number of carbonyl (C=O) groups is 2. The first-order chi connectivity index (χ1) is 22.7. The van der Waals surface area contributed by atoms with E-state index in [1.165, 1.54) is 5.56 Å². The van der Waals surface area contributed by atoms with Crippen LogP contribution in [0.2, 0.25) is 0 Å². The number of rotatable bonds is 9. The summed E-state index contributed by atoms with van der Waals surface area (Å²) in [6.07, 6.45) is 2.34. The van der Waals surface area contributed by atoms with E-state index in [9.17, 15) is 14.7 Å². The minimum Gasteiger partial charge on any atom is -0.497 e. The number of hydrogen-bond acceptors (Lipinski definition) is 7. The molecule has 0 fully saturated rings. The number of likely N-dealkylation sites (N-methyl/N-ethyl adjacent to an activating group) is 1. The summed E-state index contributed by atoms with van der Waals surface area (Å²) in [5.41, 5.74) is 2.58. The van der Waals surface area contributed by atoms with Crippen LogP contribution in [-0.2, 0) is 11.3 Å². The molecule has 0 saturated heterocycles. The average Bonchev–Trinajstić information content (AvgIpc) is 3.06. The first-order valence-corrected chi connectivity index (χ1v) is 16.5. The molecule has 3 aromatic rings. The summed E-state index contributed by atoms with van der Waals surface area (Å²) in [6, 6.07) is 21.5. The van der Waals surface area contributed by atoms with Gasteiger partial charge in [-0.15, -0.1) is 0 Å². The molecule has 0 aromatic heterocycles. The minimum absolute atomic E-state index is 0.0333. The molecule has 1 aliphatic heterocycles. The summed E-state index contributed by atoms with van der Waals surface area (Å²) in [4.78, 5) is 31.2. The Morgan fingerprint density at radius 2 is 1.74 bits per heavy atom. The number of aliphatic hydroxyl groups excluding tert-OH is 1. The lowest BCUT2D eigenvalue weighted by atomic mass is 10.0. The van der Waals surface area contributed by atoms with Crippen LogP contribution in [0.25, 0.3) is 0 Å². The van der Waals surface area contributed by atoms with Crippen molar-refractivity contribution < 1.29 is 28.9 Å². The van der Waals surface area contributed by atoms with Gasteiger partial charge in [0, 0.05) is 43.5 Å². The molecule has 0 aliphatic carbocycles. The molecule has 10 nitrogen and oxygen atoms in total. The molecule has 0 radical (unpaired) electrons. The number of ether oxygens (including phenoxy) is 3. The Hall–Kier alpha value is -4.12. The molecule has 0 saturated carbocycles.